The number of aromatic nitrogens is 3. The molecule has 32 heavy (non-hydrogen) atoms. The number of fused-ring (bicyclic) bond motifs is 1. The van der Waals surface area contributed by atoms with Gasteiger partial charge in [0.15, 0.2) is 0 Å². The highest BCUT2D eigenvalue weighted by atomic mass is 28.3. The van der Waals surface area contributed by atoms with Crippen LogP contribution in [0.15, 0.2) is 36.7 Å². The molecule has 0 aromatic carbocycles. The Kier molecular flexibility index (Phi) is 6.35. The van der Waals surface area contributed by atoms with Crippen LogP contribution in [0, 0.1) is 5.92 Å². The van der Waals surface area contributed by atoms with E-state index in [1.165, 1.54) is 0 Å². The first-order valence-corrected chi connectivity index (χ1v) is 14.9. The third kappa shape index (κ3) is 5.19. The largest absolute Gasteiger partial charge is 0.362 e. The third-order valence-corrected chi connectivity index (χ3v) is 7.35. The zero-order chi connectivity index (χ0) is 22.9. The van der Waals surface area contributed by atoms with E-state index in [0.29, 0.717) is 12.5 Å². The van der Waals surface area contributed by atoms with Crippen LogP contribution in [0.5, 0.6) is 0 Å². The second-order valence-electron chi connectivity index (χ2n) is 9.96. The van der Waals surface area contributed by atoms with Crippen molar-refractivity contribution in [2.75, 3.05) is 30.9 Å². The molecular weight excluding hydrogens is 418 g/mol. The zero-order valence-corrected chi connectivity index (χ0v) is 20.7. The molecule has 0 radical (unpaired) electrons. The smallest absolute Gasteiger partial charge is 0.228 e. The molecule has 0 aliphatic heterocycles. The molecule has 1 N–H and O–H groups in total. The monoisotopic (exact) mass is 451 g/mol. The number of rotatable bonds is 9. The normalized spacial score (nSPS) is 14.0. The molecule has 0 unspecified atom stereocenters. The van der Waals surface area contributed by atoms with Crippen LogP contribution in [0.2, 0.25) is 25.7 Å². The van der Waals surface area contributed by atoms with Gasteiger partial charge in [-0.15, -0.1) is 0 Å². The van der Waals surface area contributed by atoms with Crippen molar-refractivity contribution in [1.82, 2.24) is 14.5 Å². The maximum absolute atomic E-state index is 12.3. The average Bonchev–Trinajstić information content (AvgIpc) is 3.53. The van der Waals surface area contributed by atoms with Gasteiger partial charge >= 0.3 is 0 Å². The number of carbonyl (C=O) groups excluding carboxylic acids is 1. The topological polar surface area (TPSA) is 72.3 Å². The highest BCUT2D eigenvalue weighted by Crippen LogP contribution is 2.35. The summed E-state index contributed by atoms with van der Waals surface area (Å²) in [4.78, 5) is 23.6. The van der Waals surface area contributed by atoms with Crippen molar-refractivity contribution in [3.63, 3.8) is 0 Å². The van der Waals surface area contributed by atoms with Gasteiger partial charge in [-0.2, -0.15) is 0 Å². The van der Waals surface area contributed by atoms with Crippen molar-refractivity contribution in [1.29, 1.82) is 0 Å². The van der Waals surface area contributed by atoms with Gasteiger partial charge in [0.25, 0.3) is 0 Å². The maximum atomic E-state index is 12.3. The average molecular weight is 452 g/mol. The van der Waals surface area contributed by atoms with Gasteiger partial charge in [0.1, 0.15) is 24.0 Å². The molecule has 3 aromatic rings. The summed E-state index contributed by atoms with van der Waals surface area (Å²) in [6, 6.07) is 9.06. The molecule has 1 aliphatic carbocycles. The van der Waals surface area contributed by atoms with Gasteiger partial charge in [0.05, 0.1) is 0 Å². The Morgan fingerprint density at radius 1 is 1.22 bits per heavy atom. The van der Waals surface area contributed by atoms with E-state index in [-0.39, 0.29) is 11.8 Å². The van der Waals surface area contributed by atoms with Crippen molar-refractivity contribution in [3.05, 3.63) is 36.7 Å². The predicted octanol–water partition coefficient (Wildman–Crippen LogP) is 4.83. The Labute approximate surface area is 190 Å². The molecule has 8 heteroatoms. The lowest BCUT2D eigenvalue weighted by molar-refractivity contribution is -0.117. The van der Waals surface area contributed by atoms with Crippen molar-refractivity contribution >= 4 is 36.7 Å². The van der Waals surface area contributed by atoms with Crippen molar-refractivity contribution in [3.8, 4) is 11.1 Å². The number of amides is 1. The summed E-state index contributed by atoms with van der Waals surface area (Å²) in [5.74, 6) is 1.68. The molecule has 3 heterocycles. The van der Waals surface area contributed by atoms with Crippen LogP contribution in [0.1, 0.15) is 12.8 Å². The minimum Gasteiger partial charge on any atom is -0.362 e. The van der Waals surface area contributed by atoms with E-state index in [1.807, 2.05) is 41.8 Å². The first-order chi connectivity index (χ1) is 15.2. The van der Waals surface area contributed by atoms with E-state index in [2.05, 4.69) is 42.2 Å². The van der Waals surface area contributed by atoms with Crippen LogP contribution in [0.25, 0.3) is 22.2 Å². The van der Waals surface area contributed by atoms with Gasteiger partial charge in [0.2, 0.25) is 5.91 Å². The maximum Gasteiger partial charge on any atom is 0.228 e. The number of carbonyl (C=O) groups is 1. The molecule has 1 amide bonds. The molecule has 0 saturated heterocycles. The number of nitrogens with zero attached hydrogens (tertiary/aromatic N) is 4. The van der Waals surface area contributed by atoms with Crippen molar-refractivity contribution in [2.45, 2.75) is 45.3 Å². The molecule has 4 rings (SSSR count). The van der Waals surface area contributed by atoms with Crippen LogP contribution in [-0.2, 0) is 16.3 Å². The first kappa shape index (κ1) is 22.5. The van der Waals surface area contributed by atoms with Crippen LogP contribution in [-0.4, -0.2) is 49.2 Å². The SMILES string of the molecule is CN(C)c1ncccc1-c1cn(COCC[Si](C)(C)C)c2nc(NC(=O)C3CC3)ccc12. The molecule has 7 nitrogen and oxygen atoms in total. The number of hydrogen-bond acceptors (Lipinski definition) is 5. The number of hydrogen-bond donors (Lipinski definition) is 1. The number of ether oxygens (including phenoxy) is 1. The van der Waals surface area contributed by atoms with Crippen LogP contribution in [0.4, 0.5) is 11.6 Å². The summed E-state index contributed by atoms with van der Waals surface area (Å²) >= 11 is 0. The summed E-state index contributed by atoms with van der Waals surface area (Å²) in [7, 11) is 2.83. The van der Waals surface area contributed by atoms with E-state index in [4.69, 9.17) is 9.72 Å². The van der Waals surface area contributed by atoms with Crippen LogP contribution >= 0.6 is 0 Å². The minimum absolute atomic E-state index is 0.0590. The van der Waals surface area contributed by atoms with E-state index >= 15 is 0 Å². The van der Waals surface area contributed by atoms with Gasteiger partial charge in [0, 0.05) is 63.6 Å². The standard InChI is InChI=1S/C24H33N5O2Si/c1-28(2)22-18(7-6-12-25-22)20-15-29(16-31-13-14-32(3,4)5)23-19(20)10-11-21(26-23)27-24(30)17-8-9-17/h6-7,10-12,15,17H,8-9,13-14,16H2,1-5H3,(H,26,27,30). The van der Waals surface area contributed by atoms with Crippen LogP contribution < -0.4 is 10.2 Å². The third-order valence-electron chi connectivity index (χ3n) is 5.65. The highest BCUT2D eigenvalue weighted by molar-refractivity contribution is 6.76. The lowest BCUT2D eigenvalue weighted by Crippen LogP contribution is -2.22. The second-order valence-corrected chi connectivity index (χ2v) is 15.6. The van der Waals surface area contributed by atoms with E-state index in [1.54, 1.807) is 6.20 Å². The van der Waals surface area contributed by atoms with Crippen LogP contribution in [0.3, 0.4) is 0 Å². The quantitative estimate of drug-likeness (QED) is 0.373. The number of anilines is 2. The Balaban J connectivity index is 1.69. The summed E-state index contributed by atoms with van der Waals surface area (Å²) in [6.07, 6.45) is 5.83. The minimum atomic E-state index is -1.16. The lowest BCUT2D eigenvalue weighted by atomic mass is 10.1. The Bertz CT molecular complexity index is 1120. The molecule has 1 fully saturated rings. The van der Waals surface area contributed by atoms with E-state index in [9.17, 15) is 4.79 Å². The number of nitrogens with one attached hydrogen (secondary N) is 1. The predicted molar refractivity (Wildman–Crippen MR) is 133 cm³/mol. The Morgan fingerprint density at radius 2 is 2.00 bits per heavy atom. The van der Waals surface area contributed by atoms with E-state index < -0.39 is 8.07 Å². The fraction of sp³-hybridized carbons (Fsp3) is 0.458. The number of pyridine rings is 2. The first-order valence-electron chi connectivity index (χ1n) is 11.2. The fourth-order valence-electron chi connectivity index (χ4n) is 3.63. The van der Waals surface area contributed by atoms with Gasteiger partial charge in [-0.05, 0) is 43.2 Å². The highest BCUT2D eigenvalue weighted by Gasteiger charge is 2.30. The Morgan fingerprint density at radius 3 is 2.69 bits per heavy atom. The summed E-state index contributed by atoms with van der Waals surface area (Å²) in [6.45, 7) is 8.20. The van der Waals surface area contributed by atoms with Gasteiger partial charge in [-0.25, -0.2) is 9.97 Å². The molecule has 0 bridgehead atoms. The molecule has 0 atom stereocenters. The molecule has 1 saturated carbocycles. The van der Waals surface area contributed by atoms with Gasteiger partial charge in [-0.1, -0.05) is 19.6 Å². The fourth-order valence-corrected chi connectivity index (χ4v) is 4.38. The Hall–Kier alpha value is -2.71. The molecule has 0 spiro atoms. The molecule has 3 aromatic heterocycles. The van der Waals surface area contributed by atoms with Gasteiger partial charge in [-0.3, -0.25) is 4.79 Å². The summed E-state index contributed by atoms with van der Waals surface area (Å²) < 4.78 is 8.08. The van der Waals surface area contributed by atoms with Crippen molar-refractivity contribution in [2.24, 2.45) is 5.92 Å². The second kappa shape index (κ2) is 9.03. The lowest BCUT2D eigenvalue weighted by Gasteiger charge is -2.16. The molecular formula is C24H33N5O2Si. The molecule has 170 valence electrons. The summed E-state index contributed by atoms with van der Waals surface area (Å²) in [5, 5.41) is 3.98. The molecule has 1 aliphatic rings. The van der Waals surface area contributed by atoms with Gasteiger partial charge < -0.3 is 19.5 Å². The summed E-state index contributed by atoms with van der Waals surface area (Å²) in [5.41, 5.74) is 2.90. The van der Waals surface area contributed by atoms with E-state index in [0.717, 1.165) is 53.5 Å². The van der Waals surface area contributed by atoms with Crippen molar-refractivity contribution < 1.29 is 9.53 Å². The zero-order valence-electron chi connectivity index (χ0n) is 19.7.